The number of nitriles is 1. The summed E-state index contributed by atoms with van der Waals surface area (Å²) in [6, 6.07) is 16.6. The highest BCUT2D eigenvalue weighted by atomic mass is 35.5. The van der Waals surface area contributed by atoms with Gasteiger partial charge in [-0.15, -0.1) is 11.8 Å². The Kier molecular flexibility index (Phi) is 6.42. The number of anilines is 1. The van der Waals surface area contributed by atoms with E-state index < -0.39 is 0 Å². The molecule has 0 atom stereocenters. The lowest BCUT2D eigenvalue weighted by Gasteiger charge is -2.07. The van der Waals surface area contributed by atoms with Gasteiger partial charge in [0.15, 0.2) is 0 Å². The molecule has 27 heavy (non-hydrogen) atoms. The largest absolute Gasteiger partial charge is 0.325 e. The van der Waals surface area contributed by atoms with Gasteiger partial charge in [0.05, 0.1) is 23.1 Å². The quantitative estimate of drug-likeness (QED) is 0.608. The Hall–Kier alpha value is -2.88. The van der Waals surface area contributed by atoms with Crippen molar-refractivity contribution in [1.29, 1.82) is 5.26 Å². The van der Waals surface area contributed by atoms with Crippen molar-refractivity contribution in [3.8, 4) is 17.3 Å². The summed E-state index contributed by atoms with van der Waals surface area (Å²) in [6.07, 6.45) is 3.54. The van der Waals surface area contributed by atoms with E-state index in [1.807, 2.05) is 12.1 Å². The second kappa shape index (κ2) is 9.17. The fraction of sp³-hybridized carbons (Fsp3) is 0.100. The lowest BCUT2D eigenvalue weighted by molar-refractivity contribution is -0.115. The van der Waals surface area contributed by atoms with Gasteiger partial charge in [0.1, 0.15) is 11.1 Å². The van der Waals surface area contributed by atoms with Crippen molar-refractivity contribution in [2.75, 3.05) is 11.1 Å². The molecule has 1 aromatic carbocycles. The van der Waals surface area contributed by atoms with Crippen molar-refractivity contribution in [3.63, 3.8) is 0 Å². The van der Waals surface area contributed by atoms with E-state index in [0.717, 1.165) is 11.3 Å². The van der Waals surface area contributed by atoms with E-state index in [0.29, 0.717) is 33.5 Å². The van der Waals surface area contributed by atoms with Gasteiger partial charge < -0.3 is 5.32 Å². The van der Waals surface area contributed by atoms with Crippen molar-refractivity contribution in [2.45, 2.75) is 11.4 Å². The number of pyridine rings is 2. The van der Waals surface area contributed by atoms with Crippen LogP contribution in [0, 0.1) is 11.3 Å². The monoisotopic (exact) mass is 394 g/mol. The summed E-state index contributed by atoms with van der Waals surface area (Å²) < 4.78 is 0. The SMILES string of the molecule is N#Cc1ccc(-c2ccc(Cl)cc2)nc1SCCC(=O)Nc1cccnc1. The highest BCUT2D eigenvalue weighted by Crippen LogP contribution is 2.26. The van der Waals surface area contributed by atoms with Crippen molar-refractivity contribution in [3.05, 3.63) is 71.5 Å². The van der Waals surface area contributed by atoms with Gasteiger partial charge in [0.2, 0.25) is 5.91 Å². The van der Waals surface area contributed by atoms with Crippen LogP contribution >= 0.6 is 23.4 Å². The minimum Gasteiger partial charge on any atom is -0.325 e. The summed E-state index contributed by atoms with van der Waals surface area (Å²) in [7, 11) is 0. The van der Waals surface area contributed by atoms with Crippen LogP contribution < -0.4 is 5.32 Å². The number of halogens is 1. The van der Waals surface area contributed by atoms with Crippen LogP contribution in [0.5, 0.6) is 0 Å². The minimum atomic E-state index is -0.108. The Balaban J connectivity index is 1.65. The number of hydrogen-bond donors (Lipinski definition) is 1. The maximum absolute atomic E-state index is 12.0. The van der Waals surface area contributed by atoms with Crippen LogP contribution in [-0.4, -0.2) is 21.6 Å². The third-order valence-electron chi connectivity index (χ3n) is 3.63. The molecule has 5 nitrogen and oxygen atoms in total. The number of carbonyl (C=O) groups is 1. The van der Waals surface area contributed by atoms with Crippen LogP contribution in [0.4, 0.5) is 5.69 Å². The molecule has 1 N–H and O–H groups in total. The van der Waals surface area contributed by atoms with Gasteiger partial charge >= 0.3 is 0 Å². The van der Waals surface area contributed by atoms with Crippen molar-refractivity contribution in [1.82, 2.24) is 9.97 Å². The molecule has 7 heteroatoms. The molecule has 0 aliphatic carbocycles. The molecule has 2 heterocycles. The zero-order valence-corrected chi connectivity index (χ0v) is 15.8. The van der Waals surface area contributed by atoms with Crippen LogP contribution in [0.3, 0.4) is 0 Å². The maximum atomic E-state index is 12.0. The molecule has 0 unspecified atom stereocenters. The summed E-state index contributed by atoms with van der Waals surface area (Å²) >= 11 is 7.31. The Morgan fingerprint density at radius 2 is 2.00 bits per heavy atom. The summed E-state index contributed by atoms with van der Waals surface area (Å²) in [5.41, 5.74) is 2.83. The predicted molar refractivity (Wildman–Crippen MR) is 108 cm³/mol. The van der Waals surface area contributed by atoms with Crippen LogP contribution in [0.1, 0.15) is 12.0 Å². The highest BCUT2D eigenvalue weighted by Gasteiger charge is 2.10. The maximum Gasteiger partial charge on any atom is 0.225 e. The lowest BCUT2D eigenvalue weighted by Crippen LogP contribution is -2.12. The second-order valence-corrected chi connectivity index (χ2v) is 7.08. The number of amides is 1. The molecule has 0 saturated carbocycles. The smallest absolute Gasteiger partial charge is 0.225 e. The van der Waals surface area contributed by atoms with Gasteiger partial charge in [0, 0.05) is 29.0 Å². The topological polar surface area (TPSA) is 78.7 Å². The Morgan fingerprint density at radius 3 is 2.70 bits per heavy atom. The van der Waals surface area contributed by atoms with E-state index in [-0.39, 0.29) is 5.91 Å². The molecule has 2 aromatic heterocycles. The fourth-order valence-corrected chi connectivity index (χ4v) is 3.36. The number of nitrogens with one attached hydrogen (secondary N) is 1. The number of nitrogens with zero attached hydrogens (tertiary/aromatic N) is 3. The van der Waals surface area contributed by atoms with Gasteiger partial charge in [-0.2, -0.15) is 5.26 Å². The normalized spacial score (nSPS) is 10.2. The minimum absolute atomic E-state index is 0.108. The van der Waals surface area contributed by atoms with Gasteiger partial charge in [-0.25, -0.2) is 4.98 Å². The van der Waals surface area contributed by atoms with Gasteiger partial charge in [-0.05, 0) is 36.4 Å². The van der Waals surface area contributed by atoms with E-state index in [1.54, 1.807) is 48.8 Å². The molecule has 0 aliphatic heterocycles. The molecular weight excluding hydrogens is 380 g/mol. The first-order valence-electron chi connectivity index (χ1n) is 8.15. The fourth-order valence-electron chi connectivity index (χ4n) is 2.32. The molecule has 3 aromatic rings. The summed E-state index contributed by atoms with van der Waals surface area (Å²) in [4.78, 5) is 20.6. The molecule has 0 saturated heterocycles. The van der Waals surface area contributed by atoms with E-state index in [4.69, 9.17) is 11.6 Å². The van der Waals surface area contributed by atoms with Crippen molar-refractivity contribution < 1.29 is 4.79 Å². The van der Waals surface area contributed by atoms with E-state index in [9.17, 15) is 10.1 Å². The Morgan fingerprint density at radius 1 is 1.19 bits per heavy atom. The average molecular weight is 395 g/mol. The van der Waals surface area contributed by atoms with Gasteiger partial charge in [-0.3, -0.25) is 9.78 Å². The number of aromatic nitrogens is 2. The zero-order valence-electron chi connectivity index (χ0n) is 14.2. The van der Waals surface area contributed by atoms with Crippen LogP contribution in [-0.2, 0) is 4.79 Å². The van der Waals surface area contributed by atoms with E-state index in [2.05, 4.69) is 21.4 Å². The first-order valence-corrected chi connectivity index (χ1v) is 9.52. The molecule has 134 valence electrons. The Bertz CT molecular complexity index is 972. The molecule has 0 radical (unpaired) electrons. The first kappa shape index (κ1) is 18.9. The standard InChI is InChI=1S/C20H15ClN4OS/c21-16-6-3-14(4-7-16)18-8-5-15(12-22)20(25-18)27-11-9-19(26)24-17-2-1-10-23-13-17/h1-8,10,13H,9,11H2,(H,24,26). The van der Waals surface area contributed by atoms with Gasteiger partial charge in [0.25, 0.3) is 0 Å². The summed E-state index contributed by atoms with van der Waals surface area (Å²) in [5, 5.41) is 13.4. The molecule has 0 spiro atoms. The van der Waals surface area contributed by atoms with Crippen molar-refractivity contribution in [2.24, 2.45) is 0 Å². The predicted octanol–water partition coefficient (Wildman–Crippen LogP) is 4.79. The molecule has 0 aliphatic rings. The highest BCUT2D eigenvalue weighted by molar-refractivity contribution is 7.99. The summed E-state index contributed by atoms with van der Waals surface area (Å²) in [5.74, 6) is 0.403. The number of benzene rings is 1. The average Bonchev–Trinajstić information content (AvgIpc) is 2.69. The third kappa shape index (κ3) is 5.30. The number of hydrogen-bond acceptors (Lipinski definition) is 5. The third-order valence-corrected chi connectivity index (χ3v) is 4.88. The number of thioether (sulfide) groups is 1. The molecule has 3 rings (SSSR count). The zero-order chi connectivity index (χ0) is 19.1. The van der Waals surface area contributed by atoms with Crippen LogP contribution in [0.2, 0.25) is 5.02 Å². The van der Waals surface area contributed by atoms with Crippen LogP contribution in [0.15, 0.2) is 66.0 Å². The molecule has 0 fully saturated rings. The van der Waals surface area contributed by atoms with Gasteiger partial charge in [-0.1, -0.05) is 23.7 Å². The Labute approximate surface area is 166 Å². The molecule has 1 amide bonds. The molecule has 0 bridgehead atoms. The van der Waals surface area contributed by atoms with Crippen molar-refractivity contribution >= 4 is 35.0 Å². The van der Waals surface area contributed by atoms with E-state index in [1.165, 1.54) is 11.8 Å². The van der Waals surface area contributed by atoms with Crippen LogP contribution in [0.25, 0.3) is 11.3 Å². The number of rotatable bonds is 6. The number of carbonyl (C=O) groups excluding carboxylic acids is 1. The van der Waals surface area contributed by atoms with E-state index >= 15 is 0 Å². The summed E-state index contributed by atoms with van der Waals surface area (Å²) in [6.45, 7) is 0. The second-order valence-electron chi connectivity index (χ2n) is 5.56. The first-order chi connectivity index (χ1) is 13.2. The lowest BCUT2D eigenvalue weighted by atomic mass is 10.1. The molecular formula is C20H15ClN4OS.